The van der Waals surface area contributed by atoms with Crippen LogP contribution in [-0.2, 0) is 6.42 Å². The average Bonchev–Trinajstić information content (AvgIpc) is 3.20. The second-order valence-electron chi connectivity index (χ2n) is 4.48. The molecule has 6 heteroatoms. The van der Waals surface area contributed by atoms with Gasteiger partial charge in [-0.05, 0) is 0 Å². The van der Waals surface area contributed by atoms with E-state index in [-0.39, 0.29) is 11.8 Å². The first-order valence-corrected chi connectivity index (χ1v) is 6.59. The van der Waals surface area contributed by atoms with Gasteiger partial charge in [0.25, 0.3) is 5.89 Å². The molecule has 1 amide bonds. The molecule has 0 aliphatic rings. The first-order valence-electron chi connectivity index (χ1n) is 6.59. The number of rotatable bonds is 5. The molecule has 0 radical (unpaired) electrons. The van der Waals surface area contributed by atoms with Crippen LogP contribution in [0.3, 0.4) is 0 Å². The number of hydrogen-bond donors (Lipinski definition) is 2. The molecule has 2 heterocycles. The molecule has 2 N–H and O–H groups in total. The third kappa shape index (κ3) is 3.17. The van der Waals surface area contributed by atoms with E-state index in [1.54, 1.807) is 18.7 Å². The third-order valence-electron chi connectivity index (χ3n) is 2.99. The lowest BCUT2D eigenvalue weighted by molar-refractivity contribution is 0.0920. The zero-order valence-corrected chi connectivity index (χ0v) is 11.2. The zero-order valence-electron chi connectivity index (χ0n) is 11.2. The first-order chi connectivity index (χ1) is 10.3. The fraction of sp³-hybridized carbons (Fsp3) is 0.133. The second-order valence-corrected chi connectivity index (χ2v) is 4.48. The van der Waals surface area contributed by atoms with Crippen LogP contribution in [0.4, 0.5) is 0 Å². The molecule has 1 aromatic carbocycles. The van der Waals surface area contributed by atoms with Gasteiger partial charge in [-0.25, -0.2) is 9.97 Å². The van der Waals surface area contributed by atoms with E-state index < -0.39 is 0 Å². The Labute approximate surface area is 121 Å². The van der Waals surface area contributed by atoms with Crippen LogP contribution < -0.4 is 5.32 Å². The van der Waals surface area contributed by atoms with Crippen molar-refractivity contribution in [3.05, 3.63) is 60.6 Å². The topological polar surface area (TPSA) is 83.8 Å². The Morgan fingerprint density at radius 3 is 2.86 bits per heavy atom. The predicted molar refractivity (Wildman–Crippen MR) is 76.6 cm³/mol. The number of imidazole rings is 1. The second kappa shape index (κ2) is 6.04. The van der Waals surface area contributed by atoms with Crippen LogP contribution in [0, 0.1) is 0 Å². The molecule has 0 aliphatic carbocycles. The maximum Gasteiger partial charge on any atom is 0.307 e. The van der Waals surface area contributed by atoms with Crippen molar-refractivity contribution in [3.8, 4) is 11.3 Å². The molecule has 3 aromatic rings. The summed E-state index contributed by atoms with van der Waals surface area (Å²) in [6, 6.07) is 9.54. The molecule has 3 rings (SSSR count). The van der Waals surface area contributed by atoms with Gasteiger partial charge in [0.2, 0.25) is 0 Å². The highest BCUT2D eigenvalue weighted by atomic mass is 16.4. The summed E-state index contributed by atoms with van der Waals surface area (Å²) < 4.78 is 5.48. The monoisotopic (exact) mass is 282 g/mol. The van der Waals surface area contributed by atoms with Gasteiger partial charge in [0.05, 0.1) is 12.5 Å². The van der Waals surface area contributed by atoms with Crippen LogP contribution in [0.25, 0.3) is 11.3 Å². The molecule has 21 heavy (non-hydrogen) atoms. The molecule has 0 aliphatic heterocycles. The van der Waals surface area contributed by atoms with E-state index in [1.165, 1.54) is 0 Å². The van der Waals surface area contributed by atoms with Crippen LogP contribution in [0.2, 0.25) is 0 Å². The molecule has 0 spiro atoms. The van der Waals surface area contributed by atoms with Crippen molar-refractivity contribution in [2.45, 2.75) is 6.42 Å². The minimum atomic E-state index is -0.323. The average molecular weight is 282 g/mol. The Morgan fingerprint density at radius 2 is 2.10 bits per heavy atom. The van der Waals surface area contributed by atoms with Crippen molar-refractivity contribution in [2.24, 2.45) is 0 Å². The Morgan fingerprint density at radius 1 is 1.24 bits per heavy atom. The lowest BCUT2D eigenvalue weighted by Gasteiger charge is -2.00. The molecular weight excluding hydrogens is 268 g/mol. The normalized spacial score (nSPS) is 10.5. The third-order valence-corrected chi connectivity index (χ3v) is 2.99. The summed E-state index contributed by atoms with van der Waals surface area (Å²) >= 11 is 0. The highest BCUT2D eigenvalue weighted by Gasteiger charge is 2.13. The number of H-pyrrole nitrogens is 1. The Kier molecular flexibility index (Phi) is 3.77. The minimum absolute atomic E-state index is 0.0680. The van der Waals surface area contributed by atoms with Crippen molar-refractivity contribution < 1.29 is 9.21 Å². The van der Waals surface area contributed by atoms with E-state index in [9.17, 15) is 4.79 Å². The number of aromatic nitrogens is 3. The van der Waals surface area contributed by atoms with E-state index in [0.29, 0.717) is 18.7 Å². The first kappa shape index (κ1) is 13.1. The van der Waals surface area contributed by atoms with E-state index in [2.05, 4.69) is 20.3 Å². The van der Waals surface area contributed by atoms with Gasteiger partial charge in [-0.3, -0.25) is 4.79 Å². The molecule has 0 saturated heterocycles. The van der Waals surface area contributed by atoms with Crippen LogP contribution in [-0.4, -0.2) is 27.4 Å². The quantitative estimate of drug-likeness (QED) is 0.750. The fourth-order valence-corrected chi connectivity index (χ4v) is 1.92. The predicted octanol–water partition coefficient (Wildman–Crippen LogP) is 2.04. The molecule has 0 bridgehead atoms. The molecule has 0 unspecified atom stereocenters. The van der Waals surface area contributed by atoms with Crippen LogP contribution in [0.1, 0.15) is 16.4 Å². The van der Waals surface area contributed by atoms with Crippen molar-refractivity contribution >= 4 is 5.91 Å². The lowest BCUT2D eigenvalue weighted by atomic mass is 10.2. The summed E-state index contributed by atoms with van der Waals surface area (Å²) in [5.41, 5.74) is 1.86. The summed E-state index contributed by atoms with van der Waals surface area (Å²) in [4.78, 5) is 22.8. The molecular formula is C15H14N4O2. The number of benzene rings is 1. The summed E-state index contributed by atoms with van der Waals surface area (Å²) in [5.74, 6) is 0.324. The van der Waals surface area contributed by atoms with E-state index in [4.69, 9.17) is 4.42 Å². The molecule has 0 atom stereocenters. The Bertz CT molecular complexity index is 704. The Hall–Kier alpha value is -2.89. The Balaban J connectivity index is 1.59. The number of oxazole rings is 1. The summed E-state index contributed by atoms with van der Waals surface area (Å²) in [5, 5.41) is 2.76. The van der Waals surface area contributed by atoms with Crippen LogP contribution >= 0.6 is 0 Å². The van der Waals surface area contributed by atoms with Gasteiger partial charge in [0, 0.05) is 30.4 Å². The standard InChI is InChI=1S/C15H14N4O2/c20-14(17-7-6-12-8-16-10-19-12)15-18-9-13(21-15)11-4-2-1-3-5-11/h1-5,8-10H,6-7H2,(H,16,19)(H,17,20). The van der Waals surface area contributed by atoms with Gasteiger partial charge < -0.3 is 14.7 Å². The van der Waals surface area contributed by atoms with Gasteiger partial charge in [-0.2, -0.15) is 0 Å². The highest BCUT2D eigenvalue weighted by molar-refractivity contribution is 5.89. The minimum Gasteiger partial charge on any atom is -0.432 e. The number of aromatic amines is 1. The largest absolute Gasteiger partial charge is 0.432 e. The number of carbonyl (C=O) groups is 1. The molecule has 106 valence electrons. The summed E-state index contributed by atoms with van der Waals surface area (Å²) in [7, 11) is 0. The number of amides is 1. The highest BCUT2D eigenvalue weighted by Crippen LogP contribution is 2.19. The van der Waals surface area contributed by atoms with Crippen LogP contribution in [0.5, 0.6) is 0 Å². The smallest absolute Gasteiger partial charge is 0.307 e. The molecule has 2 aromatic heterocycles. The number of carbonyl (C=O) groups excluding carboxylic acids is 1. The SMILES string of the molecule is O=C(NCCc1cnc[nH]1)c1ncc(-c2ccccc2)o1. The molecule has 6 nitrogen and oxygen atoms in total. The fourth-order valence-electron chi connectivity index (χ4n) is 1.92. The van der Waals surface area contributed by atoms with Crippen molar-refractivity contribution in [2.75, 3.05) is 6.54 Å². The lowest BCUT2D eigenvalue weighted by Crippen LogP contribution is -2.26. The summed E-state index contributed by atoms with van der Waals surface area (Å²) in [6.07, 6.45) is 5.57. The molecule has 0 fully saturated rings. The van der Waals surface area contributed by atoms with Crippen molar-refractivity contribution in [3.63, 3.8) is 0 Å². The summed E-state index contributed by atoms with van der Waals surface area (Å²) in [6.45, 7) is 0.490. The number of nitrogens with zero attached hydrogens (tertiary/aromatic N) is 2. The van der Waals surface area contributed by atoms with E-state index >= 15 is 0 Å². The van der Waals surface area contributed by atoms with Gasteiger partial charge in [-0.1, -0.05) is 30.3 Å². The van der Waals surface area contributed by atoms with Gasteiger partial charge >= 0.3 is 5.91 Å². The zero-order chi connectivity index (χ0) is 14.5. The van der Waals surface area contributed by atoms with Gasteiger partial charge in [0.1, 0.15) is 0 Å². The number of nitrogens with one attached hydrogen (secondary N) is 2. The number of hydrogen-bond acceptors (Lipinski definition) is 4. The van der Waals surface area contributed by atoms with Gasteiger partial charge in [-0.15, -0.1) is 0 Å². The van der Waals surface area contributed by atoms with Crippen molar-refractivity contribution in [1.29, 1.82) is 0 Å². The van der Waals surface area contributed by atoms with E-state index in [0.717, 1.165) is 11.3 Å². The van der Waals surface area contributed by atoms with Crippen molar-refractivity contribution in [1.82, 2.24) is 20.3 Å². The van der Waals surface area contributed by atoms with E-state index in [1.807, 2.05) is 30.3 Å². The van der Waals surface area contributed by atoms with Crippen LogP contribution in [0.15, 0.2) is 53.5 Å². The van der Waals surface area contributed by atoms with Gasteiger partial charge in [0.15, 0.2) is 5.76 Å². The maximum absolute atomic E-state index is 11.9. The maximum atomic E-state index is 11.9. The molecule has 0 saturated carbocycles.